The summed E-state index contributed by atoms with van der Waals surface area (Å²) < 4.78 is 11.1. The van der Waals surface area contributed by atoms with Crippen LogP contribution >= 0.6 is 11.6 Å². The first-order valence-electron chi connectivity index (χ1n) is 9.26. The summed E-state index contributed by atoms with van der Waals surface area (Å²) in [6.45, 7) is 3.87. The number of halogens is 1. The SMILES string of the molecule is CC(C)Oc1ccc(-c2nc(-c3cccc4c3CC=C4CC(=O)O)no2)cc1Cl. The highest BCUT2D eigenvalue weighted by Gasteiger charge is 2.22. The normalized spacial score (nSPS) is 12.8. The topological polar surface area (TPSA) is 85.5 Å². The molecule has 1 N–H and O–H groups in total. The Balaban J connectivity index is 1.64. The Morgan fingerprint density at radius 1 is 1.28 bits per heavy atom. The molecule has 0 atom stereocenters. The van der Waals surface area contributed by atoms with E-state index in [1.807, 2.05) is 44.2 Å². The third-order valence-corrected chi connectivity index (χ3v) is 4.92. The molecule has 0 saturated heterocycles. The van der Waals surface area contributed by atoms with Gasteiger partial charge in [0.15, 0.2) is 0 Å². The number of fused-ring (bicyclic) bond motifs is 1. The van der Waals surface area contributed by atoms with Crippen molar-refractivity contribution in [2.24, 2.45) is 0 Å². The summed E-state index contributed by atoms with van der Waals surface area (Å²) >= 11 is 6.31. The summed E-state index contributed by atoms with van der Waals surface area (Å²) in [5.74, 6) is 0.564. The predicted octanol–water partition coefficient (Wildman–Crippen LogP) is 5.26. The van der Waals surface area contributed by atoms with Crippen LogP contribution in [0.4, 0.5) is 0 Å². The fourth-order valence-corrected chi connectivity index (χ4v) is 3.64. The predicted molar refractivity (Wildman–Crippen MR) is 110 cm³/mol. The van der Waals surface area contributed by atoms with Gasteiger partial charge in [-0.1, -0.05) is 41.0 Å². The molecule has 1 aliphatic rings. The van der Waals surface area contributed by atoms with Crippen LogP contribution in [0.2, 0.25) is 5.02 Å². The zero-order valence-electron chi connectivity index (χ0n) is 16.0. The number of allylic oxidation sites excluding steroid dienone is 1. The van der Waals surface area contributed by atoms with E-state index < -0.39 is 5.97 Å². The molecular formula is C22H19ClN2O4. The van der Waals surface area contributed by atoms with Crippen molar-refractivity contribution in [3.05, 3.63) is 58.6 Å². The van der Waals surface area contributed by atoms with E-state index in [9.17, 15) is 4.79 Å². The van der Waals surface area contributed by atoms with Crippen LogP contribution in [-0.4, -0.2) is 27.3 Å². The molecule has 6 nitrogen and oxygen atoms in total. The minimum atomic E-state index is -0.849. The molecule has 4 rings (SSSR count). The third-order valence-electron chi connectivity index (χ3n) is 4.62. The Labute approximate surface area is 172 Å². The van der Waals surface area contributed by atoms with Crippen molar-refractivity contribution < 1.29 is 19.2 Å². The molecule has 0 amide bonds. The zero-order valence-corrected chi connectivity index (χ0v) is 16.7. The lowest BCUT2D eigenvalue weighted by Crippen LogP contribution is -2.05. The standard InChI is InChI=1S/C22H19ClN2O4/c1-12(2)28-19-9-7-14(10-18(19)23)22-24-21(25-29-22)17-5-3-4-15-13(11-20(26)27)6-8-16(15)17/h3-7,9-10,12H,8,11H2,1-2H3,(H,26,27). The lowest BCUT2D eigenvalue weighted by molar-refractivity contribution is -0.135. The monoisotopic (exact) mass is 410 g/mol. The average Bonchev–Trinajstić information content (AvgIpc) is 3.30. The van der Waals surface area contributed by atoms with Crippen LogP contribution < -0.4 is 4.74 Å². The fourth-order valence-electron chi connectivity index (χ4n) is 3.42. The van der Waals surface area contributed by atoms with E-state index >= 15 is 0 Å². The first-order chi connectivity index (χ1) is 13.9. The maximum atomic E-state index is 11.1. The number of hydrogen-bond donors (Lipinski definition) is 1. The summed E-state index contributed by atoms with van der Waals surface area (Å²) in [4.78, 5) is 15.6. The van der Waals surface area contributed by atoms with Crippen molar-refractivity contribution in [3.8, 4) is 28.6 Å². The van der Waals surface area contributed by atoms with Crippen LogP contribution in [0.5, 0.6) is 5.75 Å². The molecule has 1 aliphatic carbocycles. The molecule has 1 heterocycles. The van der Waals surface area contributed by atoms with Crippen LogP contribution in [0.3, 0.4) is 0 Å². The molecule has 7 heteroatoms. The molecule has 0 spiro atoms. The van der Waals surface area contributed by atoms with Crippen molar-refractivity contribution in [2.45, 2.75) is 32.8 Å². The van der Waals surface area contributed by atoms with Crippen molar-refractivity contribution in [2.75, 3.05) is 0 Å². The number of benzene rings is 2. The molecular weight excluding hydrogens is 392 g/mol. The Morgan fingerprint density at radius 3 is 2.79 bits per heavy atom. The summed E-state index contributed by atoms with van der Waals surface area (Å²) in [6.07, 6.45) is 2.60. The van der Waals surface area contributed by atoms with E-state index in [0.717, 1.165) is 22.3 Å². The molecule has 0 fully saturated rings. The Kier molecular flexibility index (Phi) is 5.11. The summed E-state index contributed by atoms with van der Waals surface area (Å²) in [5, 5.41) is 13.7. The molecule has 29 heavy (non-hydrogen) atoms. The molecule has 3 aromatic rings. The lowest BCUT2D eigenvalue weighted by atomic mass is 9.98. The van der Waals surface area contributed by atoms with E-state index in [4.69, 9.17) is 26.0 Å². The lowest BCUT2D eigenvalue weighted by Gasteiger charge is -2.11. The number of nitrogens with zero attached hydrogens (tertiary/aromatic N) is 2. The average molecular weight is 411 g/mol. The van der Waals surface area contributed by atoms with Crippen molar-refractivity contribution in [1.29, 1.82) is 0 Å². The van der Waals surface area contributed by atoms with Crippen molar-refractivity contribution in [3.63, 3.8) is 0 Å². The number of rotatable bonds is 6. The van der Waals surface area contributed by atoms with Gasteiger partial charge in [0.2, 0.25) is 5.82 Å². The smallest absolute Gasteiger partial charge is 0.307 e. The van der Waals surface area contributed by atoms with Crippen molar-refractivity contribution >= 4 is 23.1 Å². The van der Waals surface area contributed by atoms with E-state index in [2.05, 4.69) is 10.1 Å². The van der Waals surface area contributed by atoms with Crippen molar-refractivity contribution in [1.82, 2.24) is 10.1 Å². The largest absolute Gasteiger partial charge is 0.489 e. The van der Waals surface area contributed by atoms with Gasteiger partial charge in [0.25, 0.3) is 5.89 Å². The Hall–Kier alpha value is -3.12. The van der Waals surface area contributed by atoms with E-state index in [-0.39, 0.29) is 12.5 Å². The minimum absolute atomic E-state index is 0.00273. The van der Waals surface area contributed by atoms with Gasteiger partial charge in [0.05, 0.1) is 17.5 Å². The van der Waals surface area contributed by atoms with Gasteiger partial charge in [0.1, 0.15) is 5.75 Å². The molecule has 0 radical (unpaired) electrons. The minimum Gasteiger partial charge on any atom is -0.489 e. The molecule has 0 aliphatic heterocycles. The van der Waals surface area contributed by atoms with E-state index in [1.54, 1.807) is 12.1 Å². The second-order valence-electron chi connectivity index (χ2n) is 7.07. The summed E-state index contributed by atoms with van der Waals surface area (Å²) in [7, 11) is 0. The van der Waals surface area contributed by atoms with Gasteiger partial charge < -0.3 is 14.4 Å². The van der Waals surface area contributed by atoms with E-state index in [1.165, 1.54) is 0 Å². The first-order valence-corrected chi connectivity index (χ1v) is 9.64. The molecule has 0 bridgehead atoms. The number of hydrogen-bond acceptors (Lipinski definition) is 5. The van der Waals surface area contributed by atoms with Gasteiger partial charge in [-0.2, -0.15) is 4.98 Å². The highest BCUT2D eigenvalue weighted by atomic mass is 35.5. The number of carbonyl (C=O) groups is 1. The molecule has 0 unspecified atom stereocenters. The van der Waals surface area contributed by atoms with Crippen LogP contribution in [0.1, 0.15) is 31.4 Å². The Bertz CT molecular complexity index is 1120. The van der Waals surface area contributed by atoms with Gasteiger partial charge in [-0.3, -0.25) is 4.79 Å². The van der Waals surface area contributed by atoms with Crippen LogP contribution in [-0.2, 0) is 11.2 Å². The highest BCUT2D eigenvalue weighted by Crippen LogP contribution is 2.37. The van der Waals surface area contributed by atoms with Crippen LogP contribution in [0.15, 0.2) is 47.0 Å². The van der Waals surface area contributed by atoms with Gasteiger partial charge in [-0.25, -0.2) is 0 Å². The zero-order chi connectivity index (χ0) is 20.5. The van der Waals surface area contributed by atoms with Crippen LogP contribution in [0.25, 0.3) is 28.4 Å². The Morgan fingerprint density at radius 2 is 2.07 bits per heavy atom. The molecule has 2 aromatic carbocycles. The second-order valence-corrected chi connectivity index (χ2v) is 7.48. The van der Waals surface area contributed by atoms with Crippen LogP contribution in [0, 0.1) is 0 Å². The first kappa shape index (κ1) is 19.2. The van der Waals surface area contributed by atoms with Gasteiger partial charge in [-0.05, 0) is 55.2 Å². The molecule has 1 aromatic heterocycles. The summed E-state index contributed by atoms with van der Waals surface area (Å²) in [6, 6.07) is 11.1. The second kappa shape index (κ2) is 7.72. The number of carboxylic acid groups (broad SMARTS) is 1. The maximum absolute atomic E-state index is 11.1. The number of aromatic nitrogens is 2. The molecule has 148 valence electrons. The number of aliphatic carboxylic acids is 1. The number of carboxylic acids is 1. The molecule has 0 saturated carbocycles. The highest BCUT2D eigenvalue weighted by molar-refractivity contribution is 6.32. The van der Waals surface area contributed by atoms with Gasteiger partial charge >= 0.3 is 5.97 Å². The quantitative estimate of drug-likeness (QED) is 0.596. The third kappa shape index (κ3) is 3.89. The van der Waals surface area contributed by atoms with Gasteiger partial charge in [0, 0.05) is 11.1 Å². The van der Waals surface area contributed by atoms with Gasteiger partial charge in [-0.15, -0.1) is 0 Å². The fraction of sp³-hybridized carbons (Fsp3) is 0.227. The maximum Gasteiger partial charge on any atom is 0.307 e. The van der Waals surface area contributed by atoms with E-state index in [0.29, 0.717) is 34.5 Å². The summed E-state index contributed by atoms with van der Waals surface area (Å²) in [5.41, 5.74) is 4.28. The number of ether oxygens (including phenoxy) is 1.